The van der Waals surface area contributed by atoms with Crippen LogP contribution in [0.5, 0.6) is 6.01 Å². The number of esters is 1. The Hall–Kier alpha value is -5.72. The highest BCUT2D eigenvalue weighted by Gasteiger charge is 2.19. The number of benzene rings is 3. The van der Waals surface area contributed by atoms with E-state index in [-0.39, 0.29) is 36.3 Å². The molecule has 0 atom stereocenters. The number of rotatable bonds is 9. The predicted molar refractivity (Wildman–Crippen MR) is 147 cm³/mol. The molecule has 0 aliphatic rings. The normalized spacial score (nSPS) is 10.7. The molecule has 0 saturated heterocycles. The quantitative estimate of drug-likeness (QED) is 0.255. The lowest BCUT2D eigenvalue weighted by molar-refractivity contribution is 0.0600. The summed E-state index contributed by atoms with van der Waals surface area (Å²) in [5.74, 6) is -2.04. The molecule has 13 heteroatoms. The van der Waals surface area contributed by atoms with Crippen molar-refractivity contribution in [2.24, 2.45) is 0 Å². The third-order valence-electron chi connectivity index (χ3n) is 6.16. The highest BCUT2D eigenvalue weighted by molar-refractivity contribution is 5.97. The Balaban J connectivity index is 1.37. The molecule has 0 radical (unpaired) electrons. The van der Waals surface area contributed by atoms with Crippen LogP contribution in [0.3, 0.4) is 0 Å². The van der Waals surface area contributed by atoms with Crippen LogP contribution < -0.4 is 15.5 Å². The third kappa shape index (κ3) is 6.36. The van der Waals surface area contributed by atoms with Gasteiger partial charge < -0.3 is 20.2 Å². The van der Waals surface area contributed by atoms with Gasteiger partial charge in [0.05, 0.1) is 12.7 Å². The molecule has 0 aliphatic carbocycles. The molecule has 3 aromatic carbocycles. The molecule has 212 valence electrons. The summed E-state index contributed by atoms with van der Waals surface area (Å²) >= 11 is 0. The number of nitrogens with zero attached hydrogens (tertiary/aromatic N) is 5. The number of aryl methyl sites for hydroxylation is 1. The Labute approximate surface area is 238 Å². The maximum atomic E-state index is 13.6. The van der Waals surface area contributed by atoms with E-state index in [0.717, 1.165) is 4.85 Å². The molecule has 0 unspecified atom stereocenters. The highest BCUT2D eigenvalue weighted by Crippen LogP contribution is 2.15. The van der Waals surface area contributed by atoms with Crippen LogP contribution in [0.1, 0.15) is 48.0 Å². The molecule has 2 N–H and O–H groups in total. The van der Waals surface area contributed by atoms with Crippen molar-refractivity contribution in [1.82, 2.24) is 35.8 Å². The molecule has 5 rings (SSSR count). The second-order valence-electron chi connectivity index (χ2n) is 9.10. The highest BCUT2D eigenvalue weighted by atomic mass is 19.1. The molecule has 0 spiro atoms. The number of fused-ring (bicyclic) bond motifs is 1. The fourth-order valence-electron chi connectivity index (χ4n) is 3.93. The zero-order valence-electron chi connectivity index (χ0n) is 22.5. The van der Waals surface area contributed by atoms with Crippen LogP contribution in [0.25, 0.3) is 11.0 Å². The van der Waals surface area contributed by atoms with Crippen molar-refractivity contribution in [3.8, 4) is 6.01 Å². The van der Waals surface area contributed by atoms with Crippen molar-refractivity contribution in [2.75, 3.05) is 7.11 Å². The smallest absolute Gasteiger partial charge is 0.347 e. The van der Waals surface area contributed by atoms with Gasteiger partial charge in [-0.1, -0.05) is 41.2 Å². The van der Waals surface area contributed by atoms with Gasteiger partial charge in [-0.15, -0.1) is 5.10 Å². The predicted octanol–water partition coefficient (Wildman–Crippen LogP) is 3.16. The van der Waals surface area contributed by atoms with Gasteiger partial charge in [-0.2, -0.15) is 9.97 Å². The topological polar surface area (TPSA) is 150 Å². The summed E-state index contributed by atoms with van der Waals surface area (Å²) in [6, 6.07) is 18.9. The van der Waals surface area contributed by atoms with E-state index < -0.39 is 17.8 Å². The number of halogens is 1. The third-order valence-corrected chi connectivity index (χ3v) is 6.16. The fourth-order valence-corrected chi connectivity index (χ4v) is 3.93. The number of ether oxygens (including phenoxy) is 1. The summed E-state index contributed by atoms with van der Waals surface area (Å²) in [4.78, 5) is 53.0. The number of hydrogen-bond acceptors (Lipinski definition) is 9. The molecular weight excluding hydrogens is 545 g/mol. The molecule has 0 saturated carbocycles. The van der Waals surface area contributed by atoms with Crippen LogP contribution in [0.2, 0.25) is 0 Å². The molecule has 5 aromatic rings. The van der Waals surface area contributed by atoms with E-state index in [1.807, 2.05) is 0 Å². The summed E-state index contributed by atoms with van der Waals surface area (Å²) < 4.78 is 18.3. The number of carbonyl (C=O) groups is 3. The van der Waals surface area contributed by atoms with Gasteiger partial charge in [-0.05, 0) is 59.2 Å². The Morgan fingerprint density at radius 3 is 2.17 bits per heavy atom. The first kappa shape index (κ1) is 27.8. The van der Waals surface area contributed by atoms with Crippen molar-refractivity contribution in [2.45, 2.75) is 20.0 Å². The molecule has 2 aromatic heterocycles. The lowest BCUT2D eigenvalue weighted by Gasteiger charge is -2.10. The van der Waals surface area contributed by atoms with Crippen LogP contribution in [0.15, 0.2) is 72.8 Å². The summed E-state index contributed by atoms with van der Waals surface area (Å²) in [5.41, 5.74) is 2.99. The van der Waals surface area contributed by atoms with Gasteiger partial charge in [-0.3, -0.25) is 9.59 Å². The van der Waals surface area contributed by atoms with Crippen LogP contribution in [-0.4, -0.2) is 50.0 Å². The van der Waals surface area contributed by atoms with E-state index in [0.29, 0.717) is 33.3 Å². The lowest BCUT2D eigenvalue weighted by atomic mass is 10.1. The average molecular weight is 570 g/mol. The van der Waals surface area contributed by atoms with Gasteiger partial charge in [-0.25, -0.2) is 9.18 Å². The first-order valence-electron chi connectivity index (χ1n) is 12.7. The molecule has 42 heavy (non-hydrogen) atoms. The zero-order chi connectivity index (χ0) is 29.6. The Bertz CT molecular complexity index is 1790. The fraction of sp³-hybridized carbons (Fsp3) is 0.138. The van der Waals surface area contributed by atoms with E-state index >= 15 is 0 Å². The number of para-hydroxylation sites is 1. The molecule has 12 nitrogen and oxygen atoms in total. The number of methoxy groups -OCH3 is 1. The van der Waals surface area contributed by atoms with Gasteiger partial charge >= 0.3 is 12.0 Å². The Morgan fingerprint density at radius 2 is 1.50 bits per heavy atom. The Morgan fingerprint density at radius 1 is 0.857 bits per heavy atom. The van der Waals surface area contributed by atoms with Gasteiger partial charge in [0.15, 0.2) is 0 Å². The van der Waals surface area contributed by atoms with Crippen molar-refractivity contribution in [3.05, 3.63) is 112 Å². The van der Waals surface area contributed by atoms with Crippen molar-refractivity contribution in [1.29, 1.82) is 0 Å². The standard InChI is InChI=1S/C29H24FN7O5/c1-17-13-19(9-12-21(17)30)16-32-27(39)24-14-23(26(38)31-15-18-7-10-20(11-8-18)28(40)41-2)33-29(34-24)42-37-25-6-4-3-5-22(25)35-36-37/h3-14H,15-16H2,1-2H3,(H,31,38)(H,32,39). The minimum Gasteiger partial charge on any atom is -0.465 e. The lowest BCUT2D eigenvalue weighted by Crippen LogP contribution is -2.28. The minimum absolute atomic E-state index is 0.0942. The molecular formula is C29H24FN7O5. The summed E-state index contributed by atoms with van der Waals surface area (Å²) in [6.45, 7) is 1.83. The van der Waals surface area contributed by atoms with Crippen molar-refractivity contribution >= 4 is 28.8 Å². The van der Waals surface area contributed by atoms with E-state index in [1.54, 1.807) is 67.6 Å². The van der Waals surface area contributed by atoms with E-state index in [4.69, 9.17) is 9.57 Å². The van der Waals surface area contributed by atoms with Gasteiger partial charge in [0.2, 0.25) is 0 Å². The second-order valence-corrected chi connectivity index (χ2v) is 9.10. The van der Waals surface area contributed by atoms with Gasteiger partial charge in [0.1, 0.15) is 28.2 Å². The molecule has 0 fully saturated rings. The molecule has 2 heterocycles. The summed E-state index contributed by atoms with van der Waals surface area (Å²) in [5, 5.41) is 13.4. The maximum absolute atomic E-state index is 13.6. The SMILES string of the molecule is COC(=O)c1ccc(CNC(=O)c2cc(C(=O)NCc3ccc(F)c(C)c3)nc(On3nnc4ccccc43)n2)cc1. The first-order chi connectivity index (χ1) is 20.3. The minimum atomic E-state index is -0.611. The van der Waals surface area contributed by atoms with Crippen LogP contribution in [-0.2, 0) is 17.8 Å². The van der Waals surface area contributed by atoms with E-state index in [2.05, 4.69) is 30.9 Å². The van der Waals surface area contributed by atoms with E-state index in [1.165, 1.54) is 19.2 Å². The first-order valence-corrected chi connectivity index (χ1v) is 12.7. The van der Waals surface area contributed by atoms with Gasteiger partial charge in [0, 0.05) is 19.2 Å². The molecule has 2 amide bonds. The second kappa shape index (κ2) is 12.2. The van der Waals surface area contributed by atoms with Crippen LogP contribution in [0, 0.1) is 12.7 Å². The largest absolute Gasteiger partial charge is 0.465 e. The van der Waals surface area contributed by atoms with Crippen molar-refractivity contribution < 1.29 is 28.3 Å². The Kier molecular flexibility index (Phi) is 8.09. The number of aromatic nitrogens is 5. The number of nitrogens with one attached hydrogen (secondary N) is 2. The zero-order valence-corrected chi connectivity index (χ0v) is 22.5. The molecule has 0 bridgehead atoms. The van der Waals surface area contributed by atoms with E-state index in [9.17, 15) is 18.8 Å². The van der Waals surface area contributed by atoms with Gasteiger partial charge in [0.25, 0.3) is 11.8 Å². The van der Waals surface area contributed by atoms with Crippen LogP contribution >= 0.6 is 0 Å². The monoisotopic (exact) mass is 569 g/mol. The molecule has 0 aliphatic heterocycles. The summed E-state index contributed by atoms with van der Waals surface area (Å²) in [7, 11) is 1.29. The maximum Gasteiger partial charge on any atom is 0.347 e. The number of hydrogen-bond donors (Lipinski definition) is 2. The summed E-state index contributed by atoms with van der Waals surface area (Å²) in [6.07, 6.45) is 0. The number of carbonyl (C=O) groups excluding carboxylic acids is 3. The average Bonchev–Trinajstić information content (AvgIpc) is 3.42. The van der Waals surface area contributed by atoms with Crippen LogP contribution in [0.4, 0.5) is 4.39 Å². The number of amides is 2. The van der Waals surface area contributed by atoms with Crippen molar-refractivity contribution in [3.63, 3.8) is 0 Å².